The van der Waals surface area contributed by atoms with E-state index in [4.69, 9.17) is 4.74 Å². The number of benzene rings is 3. The van der Waals surface area contributed by atoms with Crippen molar-refractivity contribution < 1.29 is 4.74 Å². The molecule has 0 heterocycles. The van der Waals surface area contributed by atoms with Gasteiger partial charge >= 0.3 is 0 Å². The van der Waals surface area contributed by atoms with Crippen molar-refractivity contribution in [3.8, 4) is 5.75 Å². The second kappa shape index (κ2) is 9.02. The molecule has 134 valence electrons. The highest BCUT2D eigenvalue weighted by molar-refractivity contribution is 9.10. The van der Waals surface area contributed by atoms with Crippen LogP contribution >= 0.6 is 15.9 Å². The van der Waals surface area contributed by atoms with Gasteiger partial charge in [0.05, 0.1) is 0 Å². The zero-order valence-corrected chi connectivity index (χ0v) is 16.8. The summed E-state index contributed by atoms with van der Waals surface area (Å²) in [6.07, 6.45) is 0. The second-order valence-electron chi connectivity index (χ2n) is 6.62. The van der Waals surface area contributed by atoms with Gasteiger partial charge in [-0.3, -0.25) is 0 Å². The standard InChI is InChI=1S/C23H24BrNO/c1-17-3-7-19(8-4-17)14-25-15-21-13-22(24)11-12-23(21)26-16-20-9-5-18(2)6-10-20/h3-13,25H,14-16H2,1-2H3. The average molecular weight is 410 g/mol. The third-order valence-corrected chi connectivity index (χ3v) is 4.80. The van der Waals surface area contributed by atoms with Crippen molar-refractivity contribution in [2.45, 2.75) is 33.5 Å². The molecule has 0 aliphatic carbocycles. The molecule has 0 atom stereocenters. The Morgan fingerprint density at radius 2 is 1.38 bits per heavy atom. The van der Waals surface area contributed by atoms with E-state index in [-0.39, 0.29) is 0 Å². The third-order valence-electron chi connectivity index (χ3n) is 4.30. The van der Waals surface area contributed by atoms with Crippen LogP contribution in [0.15, 0.2) is 71.2 Å². The van der Waals surface area contributed by atoms with Gasteiger partial charge < -0.3 is 10.1 Å². The number of halogens is 1. The molecule has 0 saturated carbocycles. The summed E-state index contributed by atoms with van der Waals surface area (Å²) in [4.78, 5) is 0. The van der Waals surface area contributed by atoms with E-state index in [1.54, 1.807) is 0 Å². The maximum absolute atomic E-state index is 6.08. The molecule has 2 nitrogen and oxygen atoms in total. The smallest absolute Gasteiger partial charge is 0.124 e. The lowest BCUT2D eigenvalue weighted by atomic mass is 10.1. The molecule has 3 aromatic rings. The fourth-order valence-corrected chi connectivity index (χ4v) is 3.13. The summed E-state index contributed by atoms with van der Waals surface area (Å²) in [6, 6.07) is 23.2. The largest absolute Gasteiger partial charge is 0.489 e. The second-order valence-corrected chi connectivity index (χ2v) is 7.53. The van der Waals surface area contributed by atoms with Crippen LogP contribution in [0.5, 0.6) is 5.75 Å². The molecule has 0 amide bonds. The van der Waals surface area contributed by atoms with E-state index < -0.39 is 0 Å². The van der Waals surface area contributed by atoms with Crippen molar-refractivity contribution in [1.82, 2.24) is 5.32 Å². The molecular weight excluding hydrogens is 386 g/mol. The summed E-state index contributed by atoms with van der Waals surface area (Å²) in [7, 11) is 0. The van der Waals surface area contributed by atoms with Gasteiger partial charge in [-0.05, 0) is 43.2 Å². The Morgan fingerprint density at radius 1 is 0.769 bits per heavy atom. The lowest BCUT2D eigenvalue weighted by molar-refractivity contribution is 0.302. The van der Waals surface area contributed by atoms with Crippen molar-refractivity contribution in [3.05, 3.63) is 99.0 Å². The summed E-state index contributed by atoms with van der Waals surface area (Å²) in [5.74, 6) is 0.921. The number of nitrogens with one attached hydrogen (secondary N) is 1. The van der Waals surface area contributed by atoms with Crippen LogP contribution < -0.4 is 10.1 Å². The van der Waals surface area contributed by atoms with E-state index in [2.05, 4.69) is 89.7 Å². The van der Waals surface area contributed by atoms with Crippen LogP contribution in [0.25, 0.3) is 0 Å². The van der Waals surface area contributed by atoms with Crippen molar-refractivity contribution in [1.29, 1.82) is 0 Å². The van der Waals surface area contributed by atoms with Crippen LogP contribution in [0, 0.1) is 13.8 Å². The molecule has 0 unspecified atom stereocenters. The Balaban J connectivity index is 1.61. The molecule has 0 bridgehead atoms. The number of hydrogen-bond acceptors (Lipinski definition) is 2. The molecule has 0 radical (unpaired) electrons. The first-order valence-corrected chi connectivity index (χ1v) is 9.62. The highest BCUT2D eigenvalue weighted by Crippen LogP contribution is 2.24. The van der Waals surface area contributed by atoms with E-state index in [9.17, 15) is 0 Å². The summed E-state index contributed by atoms with van der Waals surface area (Å²) in [5.41, 5.74) is 6.16. The minimum absolute atomic E-state index is 0.576. The maximum atomic E-state index is 6.08. The molecule has 0 spiro atoms. The lowest BCUT2D eigenvalue weighted by Gasteiger charge is -2.13. The quantitative estimate of drug-likeness (QED) is 0.521. The van der Waals surface area contributed by atoms with Crippen LogP contribution in [0.4, 0.5) is 0 Å². The number of aryl methyl sites for hydroxylation is 2. The normalized spacial score (nSPS) is 10.7. The molecule has 26 heavy (non-hydrogen) atoms. The van der Waals surface area contributed by atoms with E-state index in [1.165, 1.54) is 22.3 Å². The fraction of sp³-hybridized carbons (Fsp3) is 0.217. The van der Waals surface area contributed by atoms with Gasteiger partial charge in [-0.15, -0.1) is 0 Å². The Kier molecular flexibility index (Phi) is 6.48. The SMILES string of the molecule is Cc1ccc(CNCc2cc(Br)ccc2OCc2ccc(C)cc2)cc1. The van der Waals surface area contributed by atoms with E-state index >= 15 is 0 Å². The van der Waals surface area contributed by atoms with Gasteiger partial charge in [-0.2, -0.15) is 0 Å². The molecule has 0 aliphatic heterocycles. The van der Waals surface area contributed by atoms with Gasteiger partial charge in [0, 0.05) is 23.1 Å². The van der Waals surface area contributed by atoms with E-state index in [0.717, 1.165) is 28.9 Å². The van der Waals surface area contributed by atoms with Crippen LogP contribution in [-0.4, -0.2) is 0 Å². The predicted octanol–water partition coefficient (Wildman–Crippen LogP) is 5.93. The van der Waals surface area contributed by atoms with E-state index in [1.807, 2.05) is 12.1 Å². The maximum Gasteiger partial charge on any atom is 0.124 e. The number of rotatable bonds is 7. The van der Waals surface area contributed by atoms with Gasteiger partial charge in [0.15, 0.2) is 0 Å². The minimum Gasteiger partial charge on any atom is -0.489 e. The summed E-state index contributed by atoms with van der Waals surface area (Å²) >= 11 is 3.56. The summed E-state index contributed by atoms with van der Waals surface area (Å²) < 4.78 is 7.14. The van der Waals surface area contributed by atoms with Crippen molar-refractivity contribution in [2.75, 3.05) is 0 Å². The fourth-order valence-electron chi connectivity index (χ4n) is 2.72. The molecule has 3 aromatic carbocycles. The van der Waals surface area contributed by atoms with Gasteiger partial charge in [-0.1, -0.05) is 75.6 Å². The van der Waals surface area contributed by atoms with Crippen LogP contribution in [0.3, 0.4) is 0 Å². The van der Waals surface area contributed by atoms with Gasteiger partial charge in [0.25, 0.3) is 0 Å². The highest BCUT2D eigenvalue weighted by Gasteiger charge is 2.06. The highest BCUT2D eigenvalue weighted by atomic mass is 79.9. The predicted molar refractivity (Wildman–Crippen MR) is 111 cm³/mol. The first-order chi connectivity index (χ1) is 12.6. The zero-order chi connectivity index (χ0) is 18.4. The first kappa shape index (κ1) is 18.7. The molecule has 0 fully saturated rings. The van der Waals surface area contributed by atoms with Crippen LogP contribution in [0.2, 0.25) is 0 Å². The third kappa shape index (κ3) is 5.45. The first-order valence-electron chi connectivity index (χ1n) is 8.83. The van der Waals surface area contributed by atoms with Crippen LogP contribution in [-0.2, 0) is 19.7 Å². The van der Waals surface area contributed by atoms with Gasteiger partial charge in [0.1, 0.15) is 12.4 Å². The zero-order valence-electron chi connectivity index (χ0n) is 15.3. The van der Waals surface area contributed by atoms with E-state index in [0.29, 0.717) is 6.61 Å². The monoisotopic (exact) mass is 409 g/mol. The number of hydrogen-bond donors (Lipinski definition) is 1. The van der Waals surface area contributed by atoms with Crippen LogP contribution in [0.1, 0.15) is 27.8 Å². The molecule has 0 aliphatic rings. The van der Waals surface area contributed by atoms with Gasteiger partial charge in [0.2, 0.25) is 0 Å². The van der Waals surface area contributed by atoms with Gasteiger partial charge in [-0.25, -0.2) is 0 Å². The number of ether oxygens (including phenoxy) is 1. The molecule has 1 N–H and O–H groups in total. The summed E-state index contributed by atoms with van der Waals surface area (Å²) in [5, 5.41) is 3.51. The molecule has 0 saturated heterocycles. The molecule has 3 heteroatoms. The van der Waals surface area contributed by atoms with Crippen molar-refractivity contribution in [2.24, 2.45) is 0 Å². The van der Waals surface area contributed by atoms with Crippen molar-refractivity contribution in [3.63, 3.8) is 0 Å². The topological polar surface area (TPSA) is 21.3 Å². The Hall–Kier alpha value is -2.10. The molecular formula is C23H24BrNO. The Morgan fingerprint density at radius 3 is 2.04 bits per heavy atom. The summed E-state index contributed by atoms with van der Waals surface area (Å²) in [6.45, 7) is 6.38. The Bertz CT molecular complexity index is 841. The average Bonchev–Trinajstić information content (AvgIpc) is 2.64. The Labute approximate surface area is 164 Å². The minimum atomic E-state index is 0.576. The lowest BCUT2D eigenvalue weighted by Crippen LogP contribution is -2.13. The molecule has 3 rings (SSSR count). The van der Waals surface area contributed by atoms with Crippen molar-refractivity contribution >= 4 is 15.9 Å². The molecule has 0 aromatic heterocycles.